The fraction of sp³-hybridized carbons (Fsp3) is 0.433. The van der Waals surface area contributed by atoms with Crippen LogP contribution in [-0.4, -0.2) is 74.5 Å². The first-order valence-electron chi connectivity index (χ1n) is 13.8. The van der Waals surface area contributed by atoms with Gasteiger partial charge in [-0.1, -0.05) is 68.2 Å². The second-order valence-corrected chi connectivity index (χ2v) is 12.1. The zero-order chi connectivity index (χ0) is 28.5. The van der Waals surface area contributed by atoms with E-state index in [9.17, 15) is 18.0 Å². The first-order valence-corrected chi connectivity index (χ1v) is 15.3. The van der Waals surface area contributed by atoms with Gasteiger partial charge >= 0.3 is 6.09 Å². The second-order valence-electron chi connectivity index (χ2n) is 10.4. The number of pyridine rings is 1. The van der Waals surface area contributed by atoms with Crippen LogP contribution in [-0.2, 0) is 19.6 Å². The number of para-hydroxylation sites is 1. The third-order valence-corrected chi connectivity index (χ3v) is 8.73. The third-order valence-electron chi connectivity index (χ3n) is 7.27. The third kappa shape index (κ3) is 7.79. The summed E-state index contributed by atoms with van der Waals surface area (Å²) >= 11 is 0. The molecular formula is C30H38N4O5S. The van der Waals surface area contributed by atoms with Gasteiger partial charge in [0.15, 0.2) is 0 Å². The molecule has 2 aromatic rings. The standard InChI is InChI=1S/C30H38N4O5S/c1-23(2)22-26(12-7-16-32-40(37,38)27-13-5-10-25-11-6-15-31-28(25)27)29(35)33-17-19-34(20-18-33)30(36)39-21-14-24-8-3-4-9-24/h5-7,10-13,15,22,24,32H,1,3-4,8-9,14,16-21H2,2H3/b12-7-,26-22+. The van der Waals surface area contributed by atoms with Gasteiger partial charge in [-0.15, -0.1) is 0 Å². The van der Waals surface area contributed by atoms with Crippen LogP contribution in [0.4, 0.5) is 4.79 Å². The van der Waals surface area contributed by atoms with E-state index < -0.39 is 10.0 Å². The van der Waals surface area contributed by atoms with Crippen LogP contribution in [0.2, 0.25) is 0 Å². The quantitative estimate of drug-likeness (QED) is 0.337. The Morgan fingerprint density at radius 1 is 1.10 bits per heavy atom. The van der Waals surface area contributed by atoms with Crippen LogP contribution in [0.15, 0.2) is 77.4 Å². The number of allylic oxidation sites excluding steroid dienone is 2. The first-order chi connectivity index (χ1) is 19.2. The monoisotopic (exact) mass is 566 g/mol. The highest BCUT2D eigenvalue weighted by Crippen LogP contribution is 2.27. The molecule has 1 aromatic carbocycles. The summed E-state index contributed by atoms with van der Waals surface area (Å²) in [6, 6.07) is 8.56. The van der Waals surface area contributed by atoms with Crippen molar-refractivity contribution in [1.29, 1.82) is 0 Å². The fourth-order valence-electron chi connectivity index (χ4n) is 5.14. The van der Waals surface area contributed by atoms with Crippen LogP contribution < -0.4 is 4.72 Å². The molecule has 1 aliphatic heterocycles. The van der Waals surface area contributed by atoms with Gasteiger partial charge in [0.05, 0.1) is 12.1 Å². The zero-order valence-corrected chi connectivity index (χ0v) is 23.9. The highest BCUT2D eigenvalue weighted by molar-refractivity contribution is 7.89. The van der Waals surface area contributed by atoms with Gasteiger partial charge in [0.1, 0.15) is 4.90 Å². The lowest BCUT2D eigenvalue weighted by Gasteiger charge is -2.34. The molecule has 2 heterocycles. The van der Waals surface area contributed by atoms with Gasteiger partial charge in [-0.05, 0) is 37.5 Å². The Hall–Kier alpha value is -3.50. The van der Waals surface area contributed by atoms with Crippen molar-refractivity contribution in [2.45, 2.75) is 43.9 Å². The van der Waals surface area contributed by atoms with Crippen LogP contribution in [0, 0.1) is 5.92 Å². The number of hydrogen-bond acceptors (Lipinski definition) is 6. The molecule has 2 aliphatic rings. The molecule has 214 valence electrons. The Morgan fingerprint density at radius 3 is 2.52 bits per heavy atom. The molecule has 1 N–H and O–H groups in total. The number of carbonyl (C=O) groups is 2. The predicted octanol–water partition coefficient (Wildman–Crippen LogP) is 4.43. The summed E-state index contributed by atoms with van der Waals surface area (Å²) in [5, 5.41) is 0.732. The number of aromatic nitrogens is 1. The lowest BCUT2D eigenvalue weighted by atomic mass is 10.1. The van der Waals surface area contributed by atoms with E-state index in [0.29, 0.717) is 55.4 Å². The minimum atomic E-state index is -3.82. The molecule has 1 saturated carbocycles. The van der Waals surface area contributed by atoms with Crippen LogP contribution in [0.1, 0.15) is 39.0 Å². The van der Waals surface area contributed by atoms with Crippen LogP contribution >= 0.6 is 0 Å². The van der Waals surface area contributed by atoms with Gasteiger partial charge < -0.3 is 14.5 Å². The number of fused-ring (bicyclic) bond motifs is 1. The second kappa shape index (κ2) is 13.7. The average Bonchev–Trinajstić information content (AvgIpc) is 3.47. The van der Waals surface area contributed by atoms with E-state index in [1.165, 1.54) is 31.7 Å². The maximum Gasteiger partial charge on any atom is 0.409 e. The molecule has 1 aliphatic carbocycles. The van der Waals surface area contributed by atoms with Crippen molar-refractivity contribution in [3.8, 4) is 0 Å². The molecule has 0 atom stereocenters. The molecule has 0 spiro atoms. The van der Waals surface area contributed by atoms with Crippen molar-refractivity contribution in [1.82, 2.24) is 19.5 Å². The molecule has 0 bridgehead atoms. The van der Waals surface area contributed by atoms with Gasteiger partial charge in [-0.2, -0.15) is 0 Å². The first kappa shape index (κ1) is 29.5. The number of rotatable bonds is 10. The summed E-state index contributed by atoms with van der Waals surface area (Å²) in [7, 11) is -3.82. The van der Waals surface area contributed by atoms with Crippen LogP contribution in [0.25, 0.3) is 10.9 Å². The lowest BCUT2D eigenvalue weighted by Crippen LogP contribution is -2.51. The Balaban J connectivity index is 1.30. The van der Waals surface area contributed by atoms with Gasteiger partial charge in [-0.3, -0.25) is 9.78 Å². The maximum atomic E-state index is 13.3. The summed E-state index contributed by atoms with van der Waals surface area (Å²) in [4.78, 5) is 33.4. The van der Waals surface area contributed by atoms with Crippen molar-refractivity contribution >= 4 is 32.9 Å². The molecule has 1 saturated heterocycles. The van der Waals surface area contributed by atoms with E-state index in [1.807, 2.05) is 12.1 Å². The predicted molar refractivity (Wildman–Crippen MR) is 155 cm³/mol. The van der Waals surface area contributed by atoms with Crippen molar-refractivity contribution in [2.75, 3.05) is 39.3 Å². The number of sulfonamides is 1. The van der Waals surface area contributed by atoms with E-state index in [1.54, 1.807) is 53.3 Å². The fourth-order valence-corrected chi connectivity index (χ4v) is 6.29. The van der Waals surface area contributed by atoms with E-state index in [0.717, 1.165) is 11.8 Å². The largest absolute Gasteiger partial charge is 0.449 e. The average molecular weight is 567 g/mol. The van der Waals surface area contributed by atoms with Gasteiger partial charge in [-0.25, -0.2) is 17.9 Å². The summed E-state index contributed by atoms with van der Waals surface area (Å²) in [6.45, 7) is 7.68. The van der Waals surface area contributed by atoms with Gasteiger partial charge in [0.25, 0.3) is 5.91 Å². The number of amides is 2. The Morgan fingerprint density at radius 2 is 1.80 bits per heavy atom. The number of ether oxygens (including phenoxy) is 1. The maximum absolute atomic E-state index is 13.3. The van der Waals surface area contributed by atoms with Crippen molar-refractivity contribution in [3.05, 3.63) is 72.5 Å². The van der Waals surface area contributed by atoms with E-state index >= 15 is 0 Å². The lowest BCUT2D eigenvalue weighted by molar-refractivity contribution is -0.128. The number of nitrogens with one attached hydrogen (secondary N) is 1. The Kier molecular flexibility index (Phi) is 10.1. The molecule has 0 unspecified atom stereocenters. The summed E-state index contributed by atoms with van der Waals surface area (Å²) < 4.78 is 33.9. The molecule has 0 radical (unpaired) electrons. The minimum absolute atomic E-state index is 0.00710. The molecule has 9 nitrogen and oxygen atoms in total. The molecular weight excluding hydrogens is 528 g/mol. The number of carbonyl (C=O) groups excluding carboxylic acids is 2. The van der Waals surface area contributed by atoms with Gasteiger partial charge in [0.2, 0.25) is 10.0 Å². The van der Waals surface area contributed by atoms with E-state index in [2.05, 4.69) is 16.3 Å². The number of benzene rings is 1. The van der Waals surface area contributed by atoms with Gasteiger partial charge in [0, 0.05) is 49.9 Å². The molecule has 2 amide bonds. The summed E-state index contributed by atoms with van der Waals surface area (Å²) in [5.41, 5.74) is 1.49. The topological polar surface area (TPSA) is 109 Å². The van der Waals surface area contributed by atoms with Crippen molar-refractivity contribution < 1.29 is 22.7 Å². The summed E-state index contributed by atoms with van der Waals surface area (Å²) in [6.07, 6.45) is 12.0. The highest BCUT2D eigenvalue weighted by atomic mass is 32.2. The molecule has 40 heavy (non-hydrogen) atoms. The number of piperazine rings is 1. The van der Waals surface area contributed by atoms with E-state index in [4.69, 9.17) is 4.74 Å². The molecule has 1 aromatic heterocycles. The Bertz CT molecular complexity index is 1380. The number of hydrogen-bond donors (Lipinski definition) is 1. The Labute approximate surface area is 236 Å². The van der Waals surface area contributed by atoms with E-state index in [-0.39, 0.29) is 23.4 Å². The highest BCUT2D eigenvalue weighted by Gasteiger charge is 2.26. The zero-order valence-electron chi connectivity index (χ0n) is 23.0. The molecule has 10 heteroatoms. The molecule has 2 fully saturated rings. The SMILES string of the molecule is C=C(C)/C=C(\C=C/CNS(=O)(=O)c1cccc2cccnc12)C(=O)N1CCN(C(=O)OCCC2CCCC2)CC1. The normalized spacial score (nSPS) is 17.1. The smallest absolute Gasteiger partial charge is 0.409 e. The van der Waals surface area contributed by atoms with Crippen LogP contribution in [0.3, 0.4) is 0 Å². The number of nitrogens with zero attached hydrogens (tertiary/aromatic N) is 3. The van der Waals surface area contributed by atoms with Crippen molar-refractivity contribution in [3.63, 3.8) is 0 Å². The van der Waals surface area contributed by atoms with Crippen molar-refractivity contribution in [2.24, 2.45) is 5.92 Å². The minimum Gasteiger partial charge on any atom is -0.449 e. The molecule has 4 rings (SSSR count). The van der Waals surface area contributed by atoms with Crippen LogP contribution in [0.5, 0.6) is 0 Å². The summed E-state index contributed by atoms with van der Waals surface area (Å²) in [5.74, 6) is 0.467.